The molecular weight excluding hydrogens is 306 g/mol. The van der Waals surface area contributed by atoms with Crippen LogP contribution in [-0.4, -0.2) is 46.3 Å². The molecular formula is C18H23N3O3. The van der Waals surface area contributed by atoms with Crippen molar-refractivity contribution < 1.29 is 14.4 Å². The SMILES string of the molecule is CC[C@H](C)NC(=O)CCN1C(=O)[C@@H]2Cc3ccccc3CN2C1=O. The second kappa shape index (κ2) is 6.63. The average Bonchev–Trinajstić information content (AvgIpc) is 2.81. The van der Waals surface area contributed by atoms with Crippen molar-refractivity contribution in [2.24, 2.45) is 0 Å². The third-order valence-electron chi connectivity index (χ3n) is 4.86. The Morgan fingerprint density at radius 2 is 2.00 bits per heavy atom. The molecule has 2 aliphatic rings. The third-order valence-corrected chi connectivity index (χ3v) is 4.86. The van der Waals surface area contributed by atoms with E-state index in [-0.39, 0.29) is 36.9 Å². The van der Waals surface area contributed by atoms with Crippen LogP contribution in [0.25, 0.3) is 0 Å². The Morgan fingerprint density at radius 1 is 1.29 bits per heavy atom. The van der Waals surface area contributed by atoms with Gasteiger partial charge in [-0.25, -0.2) is 4.79 Å². The van der Waals surface area contributed by atoms with E-state index >= 15 is 0 Å². The maximum absolute atomic E-state index is 12.6. The van der Waals surface area contributed by atoms with Gasteiger partial charge in [0.15, 0.2) is 0 Å². The number of nitrogens with one attached hydrogen (secondary N) is 1. The van der Waals surface area contributed by atoms with E-state index in [1.165, 1.54) is 4.90 Å². The van der Waals surface area contributed by atoms with E-state index in [1.54, 1.807) is 4.90 Å². The highest BCUT2D eigenvalue weighted by Gasteiger charge is 2.46. The molecule has 0 aromatic heterocycles. The molecule has 0 spiro atoms. The van der Waals surface area contributed by atoms with Gasteiger partial charge in [0, 0.05) is 32.0 Å². The molecule has 6 nitrogen and oxygen atoms in total. The molecule has 128 valence electrons. The molecule has 1 aromatic carbocycles. The average molecular weight is 329 g/mol. The van der Waals surface area contributed by atoms with Crippen molar-refractivity contribution in [1.82, 2.24) is 15.1 Å². The van der Waals surface area contributed by atoms with E-state index in [4.69, 9.17) is 0 Å². The van der Waals surface area contributed by atoms with Crippen LogP contribution in [0.2, 0.25) is 0 Å². The summed E-state index contributed by atoms with van der Waals surface area (Å²) in [6.07, 6.45) is 1.55. The Bertz CT molecular complexity index is 630. The van der Waals surface area contributed by atoms with Crippen LogP contribution in [-0.2, 0) is 22.6 Å². The molecule has 2 atom stereocenters. The summed E-state index contributed by atoms with van der Waals surface area (Å²) in [6.45, 7) is 4.53. The molecule has 1 aromatic rings. The molecule has 1 N–H and O–H groups in total. The summed E-state index contributed by atoms with van der Waals surface area (Å²) in [6, 6.07) is 7.29. The summed E-state index contributed by atoms with van der Waals surface area (Å²) in [4.78, 5) is 39.9. The normalized spacial score (nSPS) is 20.7. The fourth-order valence-corrected chi connectivity index (χ4v) is 3.24. The summed E-state index contributed by atoms with van der Waals surface area (Å²) in [7, 11) is 0. The minimum absolute atomic E-state index is 0.100. The first-order valence-corrected chi connectivity index (χ1v) is 8.49. The number of imide groups is 1. The zero-order valence-corrected chi connectivity index (χ0v) is 14.1. The number of rotatable bonds is 5. The lowest BCUT2D eigenvalue weighted by Gasteiger charge is -2.28. The van der Waals surface area contributed by atoms with E-state index in [0.717, 1.165) is 17.5 Å². The first kappa shape index (κ1) is 16.5. The van der Waals surface area contributed by atoms with Crippen molar-refractivity contribution in [2.75, 3.05) is 6.54 Å². The number of nitrogens with zero attached hydrogens (tertiary/aromatic N) is 2. The Hall–Kier alpha value is -2.37. The van der Waals surface area contributed by atoms with Gasteiger partial charge in [0.2, 0.25) is 5.91 Å². The van der Waals surface area contributed by atoms with Gasteiger partial charge in [0.25, 0.3) is 5.91 Å². The molecule has 0 bridgehead atoms. The Balaban J connectivity index is 1.65. The van der Waals surface area contributed by atoms with Gasteiger partial charge in [0.1, 0.15) is 6.04 Å². The van der Waals surface area contributed by atoms with Gasteiger partial charge in [-0.05, 0) is 24.5 Å². The second-order valence-electron chi connectivity index (χ2n) is 6.52. The molecule has 4 amide bonds. The lowest BCUT2D eigenvalue weighted by atomic mass is 9.95. The minimum Gasteiger partial charge on any atom is -0.354 e. The van der Waals surface area contributed by atoms with Gasteiger partial charge in [0.05, 0.1) is 0 Å². The molecule has 1 fully saturated rings. The van der Waals surface area contributed by atoms with E-state index in [9.17, 15) is 14.4 Å². The third kappa shape index (κ3) is 3.00. The molecule has 0 unspecified atom stereocenters. The standard InChI is InChI=1S/C18H23N3O3/c1-3-12(2)19-16(22)8-9-20-17(23)15-10-13-6-4-5-7-14(13)11-21(15)18(20)24/h4-7,12,15H,3,8-11H2,1-2H3,(H,19,22)/t12-,15-/m0/s1. The molecule has 3 rings (SSSR count). The van der Waals surface area contributed by atoms with E-state index in [0.29, 0.717) is 13.0 Å². The largest absolute Gasteiger partial charge is 0.354 e. The predicted octanol–water partition coefficient (Wildman–Crippen LogP) is 1.68. The number of amides is 4. The molecule has 0 saturated carbocycles. The summed E-state index contributed by atoms with van der Waals surface area (Å²) < 4.78 is 0. The van der Waals surface area contributed by atoms with Gasteiger partial charge in [-0.3, -0.25) is 14.5 Å². The van der Waals surface area contributed by atoms with Gasteiger partial charge in [-0.15, -0.1) is 0 Å². The number of fused-ring (bicyclic) bond motifs is 2. The fraction of sp³-hybridized carbons (Fsp3) is 0.500. The first-order chi connectivity index (χ1) is 11.5. The number of carbonyl (C=O) groups excluding carboxylic acids is 3. The molecule has 24 heavy (non-hydrogen) atoms. The lowest BCUT2D eigenvalue weighted by molar-refractivity contribution is -0.129. The second-order valence-corrected chi connectivity index (χ2v) is 6.52. The smallest absolute Gasteiger partial charge is 0.327 e. The number of urea groups is 1. The number of benzene rings is 1. The van der Waals surface area contributed by atoms with Crippen LogP contribution in [0.3, 0.4) is 0 Å². The summed E-state index contributed by atoms with van der Waals surface area (Å²) in [5.74, 6) is -0.316. The van der Waals surface area contributed by atoms with Crippen LogP contribution in [0.1, 0.15) is 37.8 Å². The number of hydrogen-bond donors (Lipinski definition) is 1. The highest BCUT2D eigenvalue weighted by atomic mass is 16.2. The van der Waals surface area contributed by atoms with Crippen LogP contribution in [0.15, 0.2) is 24.3 Å². The quantitative estimate of drug-likeness (QED) is 0.836. The molecule has 6 heteroatoms. The maximum Gasteiger partial charge on any atom is 0.327 e. The van der Waals surface area contributed by atoms with Crippen LogP contribution >= 0.6 is 0 Å². The molecule has 2 aliphatic heterocycles. The predicted molar refractivity (Wildman–Crippen MR) is 89.1 cm³/mol. The summed E-state index contributed by atoms with van der Waals surface area (Å²) >= 11 is 0. The van der Waals surface area contributed by atoms with Crippen molar-refractivity contribution in [3.05, 3.63) is 35.4 Å². The van der Waals surface area contributed by atoms with Crippen molar-refractivity contribution in [3.63, 3.8) is 0 Å². The highest BCUT2D eigenvalue weighted by molar-refractivity contribution is 6.04. The zero-order valence-electron chi connectivity index (χ0n) is 14.1. The van der Waals surface area contributed by atoms with Crippen LogP contribution < -0.4 is 5.32 Å². The van der Waals surface area contributed by atoms with Crippen molar-refractivity contribution in [1.29, 1.82) is 0 Å². The van der Waals surface area contributed by atoms with Crippen molar-refractivity contribution in [2.45, 2.75) is 51.7 Å². The molecule has 2 heterocycles. The van der Waals surface area contributed by atoms with E-state index in [2.05, 4.69) is 5.32 Å². The Morgan fingerprint density at radius 3 is 2.71 bits per heavy atom. The highest BCUT2D eigenvalue weighted by Crippen LogP contribution is 2.29. The summed E-state index contributed by atoms with van der Waals surface area (Å²) in [5, 5.41) is 2.86. The van der Waals surface area contributed by atoms with Crippen molar-refractivity contribution >= 4 is 17.8 Å². The van der Waals surface area contributed by atoms with Crippen molar-refractivity contribution in [3.8, 4) is 0 Å². The molecule has 0 radical (unpaired) electrons. The maximum atomic E-state index is 12.6. The topological polar surface area (TPSA) is 69.7 Å². The summed E-state index contributed by atoms with van der Waals surface area (Å²) in [5.41, 5.74) is 2.21. The number of hydrogen-bond acceptors (Lipinski definition) is 3. The van der Waals surface area contributed by atoms with E-state index in [1.807, 2.05) is 38.1 Å². The number of carbonyl (C=O) groups is 3. The first-order valence-electron chi connectivity index (χ1n) is 8.49. The monoisotopic (exact) mass is 329 g/mol. The van der Waals surface area contributed by atoms with Crippen LogP contribution in [0.5, 0.6) is 0 Å². The Kier molecular flexibility index (Phi) is 4.55. The fourth-order valence-electron chi connectivity index (χ4n) is 3.24. The Labute approximate surface area is 141 Å². The van der Waals surface area contributed by atoms with Crippen LogP contribution in [0.4, 0.5) is 4.79 Å². The van der Waals surface area contributed by atoms with Gasteiger partial charge in [-0.1, -0.05) is 31.2 Å². The van der Waals surface area contributed by atoms with Gasteiger partial charge < -0.3 is 10.2 Å². The minimum atomic E-state index is -0.426. The van der Waals surface area contributed by atoms with Crippen LogP contribution in [0, 0.1) is 0 Å². The lowest BCUT2D eigenvalue weighted by Crippen LogP contribution is -2.40. The zero-order chi connectivity index (χ0) is 17.3. The van der Waals surface area contributed by atoms with Gasteiger partial charge >= 0.3 is 6.03 Å². The van der Waals surface area contributed by atoms with Gasteiger partial charge in [-0.2, -0.15) is 0 Å². The van der Waals surface area contributed by atoms with E-state index < -0.39 is 6.04 Å². The molecule has 1 saturated heterocycles. The molecule has 0 aliphatic carbocycles.